The third-order valence-electron chi connectivity index (χ3n) is 6.47. The SMILES string of the molecule is O=C(Cc1csc(CNC(=O)OCC2c3ccccc3-c3ccccc32)n1)NC[C@@H]1C[C@@H]1C(=O)O. The topological polar surface area (TPSA) is 118 Å². The van der Waals surface area contributed by atoms with Crippen LogP contribution in [-0.4, -0.2) is 41.2 Å². The van der Waals surface area contributed by atoms with E-state index >= 15 is 0 Å². The van der Waals surface area contributed by atoms with E-state index in [-0.39, 0.29) is 43.2 Å². The quantitative estimate of drug-likeness (QED) is 0.421. The van der Waals surface area contributed by atoms with Crippen LogP contribution in [0.1, 0.15) is 34.2 Å². The van der Waals surface area contributed by atoms with Crippen LogP contribution in [0, 0.1) is 11.8 Å². The number of thiazole rings is 1. The highest BCUT2D eigenvalue weighted by atomic mass is 32.1. The Morgan fingerprint density at radius 3 is 2.37 bits per heavy atom. The molecule has 5 rings (SSSR count). The minimum atomic E-state index is -0.808. The molecule has 1 fully saturated rings. The zero-order valence-electron chi connectivity index (χ0n) is 18.9. The summed E-state index contributed by atoms with van der Waals surface area (Å²) in [4.78, 5) is 39.7. The van der Waals surface area contributed by atoms with Gasteiger partial charge in [0, 0.05) is 17.8 Å². The average molecular weight is 492 g/mol. The van der Waals surface area contributed by atoms with Crippen LogP contribution in [0.4, 0.5) is 4.79 Å². The number of benzene rings is 2. The van der Waals surface area contributed by atoms with E-state index in [1.54, 1.807) is 5.38 Å². The molecule has 180 valence electrons. The van der Waals surface area contributed by atoms with Gasteiger partial charge in [-0.25, -0.2) is 9.78 Å². The first-order chi connectivity index (χ1) is 17.0. The number of ether oxygens (including phenoxy) is 1. The van der Waals surface area contributed by atoms with Gasteiger partial charge in [0.05, 0.1) is 24.6 Å². The zero-order valence-corrected chi connectivity index (χ0v) is 19.7. The van der Waals surface area contributed by atoms with E-state index in [2.05, 4.69) is 39.9 Å². The number of carbonyl (C=O) groups is 3. The Balaban J connectivity index is 1.07. The average Bonchev–Trinajstić information content (AvgIpc) is 3.41. The predicted molar refractivity (Wildman–Crippen MR) is 130 cm³/mol. The Morgan fingerprint density at radius 2 is 1.71 bits per heavy atom. The molecule has 0 spiro atoms. The van der Waals surface area contributed by atoms with Crippen LogP contribution in [0.3, 0.4) is 0 Å². The first-order valence-electron chi connectivity index (χ1n) is 11.5. The third kappa shape index (κ3) is 5.19. The van der Waals surface area contributed by atoms with Crippen LogP contribution in [0.25, 0.3) is 11.1 Å². The monoisotopic (exact) mass is 491 g/mol. The van der Waals surface area contributed by atoms with Crippen molar-refractivity contribution in [1.82, 2.24) is 15.6 Å². The highest BCUT2D eigenvalue weighted by Crippen LogP contribution is 2.44. The van der Waals surface area contributed by atoms with Crippen molar-refractivity contribution >= 4 is 29.3 Å². The minimum absolute atomic E-state index is 0.000422. The van der Waals surface area contributed by atoms with Gasteiger partial charge in [-0.2, -0.15) is 0 Å². The molecule has 3 aromatic rings. The molecular weight excluding hydrogens is 466 g/mol. The molecule has 2 aliphatic carbocycles. The first-order valence-corrected chi connectivity index (χ1v) is 12.4. The summed E-state index contributed by atoms with van der Waals surface area (Å²) in [7, 11) is 0. The van der Waals surface area contributed by atoms with Crippen molar-refractivity contribution in [1.29, 1.82) is 0 Å². The van der Waals surface area contributed by atoms with Crippen molar-refractivity contribution in [3.8, 4) is 11.1 Å². The Hall–Kier alpha value is -3.72. The van der Waals surface area contributed by atoms with Crippen LogP contribution >= 0.6 is 11.3 Å². The summed E-state index contributed by atoms with van der Waals surface area (Å²) in [5.74, 6) is -1.33. The molecule has 1 heterocycles. The first kappa shape index (κ1) is 23.0. The summed E-state index contributed by atoms with van der Waals surface area (Å²) in [5, 5.41) is 16.9. The van der Waals surface area contributed by atoms with Crippen molar-refractivity contribution < 1.29 is 24.2 Å². The van der Waals surface area contributed by atoms with Gasteiger partial charge in [-0.05, 0) is 34.6 Å². The highest BCUT2D eigenvalue weighted by molar-refractivity contribution is 7.09. The number of alkyl carbamates (subject to hydrolysis) is 1. The summed E-state index contributed by atoms with van der Waals surface area (Å²) in [6, 6.07) is 16.3. The molecule has 1 aromatic heterocycles. The van der Waals surface area contributed by atoms with Gasteiger partial charge in [0.1, 0.15) is 11.6 Å². The number of hydrogen-bond donors (Lipinski definition) is 3. The Kier molecular flexibility index (Phi) is 6.50. The van der Waals surface area contributed by atoms with Gasteiger partial charge < -0.3 is 20.5 Å². The fraction of sp³-hybridized carbons (Fsp3) is 0.308. The van der Waals surface area contributed by atoms with Gasteiger partial charge in [0.15, 0.2) is 0 Å². The number of carbonyl (C=O) groups excluding carboxylic acids is 2. The molecule has 9 heteroatoms. The van der Waals surface area contributed by atoms with Crippen LogP contribution < -0.4 is 10.6 Å². The molecule has 1 saturated carbocycles. The number of aliphatic carboxylic acids is 1. The maximum Gasteiger partial charge on any atom is 0.407 e. The molecule has 2 atom stereocenters. The van der Waals surface area contributed by atoms with Crippen LogP contribution in [0.2, 0.25) is 0 Å². The molecule has 2 aliphatic rings. The number of nitrogens with zero attached hydrogens (tertiary/aromatic N) is 1. The van der Waals surface area contributed by atoms with Gasteiger partial charge in [-0.1, -0.05) is 48.5 Å². The summed E-state index contributed by atoms with van der Waals surface area (Å²) < 4.78 is 5.54. The van der Waals surface area contributed by atoms with E-state index in [4.69, 9.17) is 9.84 Å². The van der Waals surface area contributed by atoms with Crippen LogP contribution in [0.15, 0.2) is 53.9 Å². The van der Waals surface area contributed by atoms with Crippen molar-refractivity contribution in [2.75, 3.05) is 13.2 Å². The van der Waals surface area contributed by atoms with E-state index in [1.165, 1.54) is 22.5 Å². The van der Waals surface area contributed by atoms with Crippen molar-refractivity contribution in [3.05, 3.63) is 75.7 Å². The fourth-order valence-corrected chi connectivity index (χ4v) is 5.29. The van der Waals surface area contributed by atoms with Gasteiger partial charge in [0.25, 0.3) is 0 Å². The second-order valence-electron chi connectivity index (χ2n) is 8.83. The fourth-order valence-electron chi connectivity index (χ4n) is 4.56. The zero-order chi connectivity index (χ0) is 24.4. The van der Waals surface area contributed by atoms with E-state index in [1.807, 2.05) is 24.3 Å². The number of carboxylic acid groups (broad SMARTS) is 1. The lowest BCUT2D eigenvalue weighted by Crippen LogP contribution is -2.28. The van der Waals surface area contributed by atoms with E-state index in [0.29, 0.717) is 23.7 Å². The smallest absolute Gasteiger partial charge is 0.407 e. The summed E-state index contributed by atoms with van der Waals surface area (Å²) in [6.07, 6.45) is 0.211. The lowest BCUT2D eigenvalue weighted by atomic mass is 9.98. The Morgan fingerprint density at radius 1 is 1.03 bits per heavy atom. The van der Waals surface area contributed by atoms with Crippen molar-refractivity contribution in [3.63, 3.8) is 0 Å². The molecule has 2 aromatic carbocycles. The number of hydrogen-bond acceptors (Lipinski definition) is 6. The Labute approximate surface area is 206 Å². The molecule has 35 heavy (non-hydrogen) atoms. The van der Waals surface area contributed by atoms with Crippen molar-refractivity contribution in [2.24, 2.45) is 11.8 Å². The van der Waals surface area contributed by atoms with E-state index < -0.39 is 12.1 Å². The molecule has 0 bridgehead atoms. The lowest BCUT2D eigenvalue weighted by Gasteiger charge is -2.14. The second kappa shape index (κ2) is 9.87. The van der Waals surface area contributed by atoms with Gasteiger partial charge in [-0.3, -0.25) is 9.59 Å². The summed E-state index contributed by atoms with van der Waals surface area (Å²) >= 11 is 1.36. The molecule has 0 radical (unpaired) electrons. The van der Waals surface area contributed by atoms with Crippen molar-refractivity contribution in [2.45, 2.75) is 25.3 Å². The number of aromatic nitrogens is 1. The summed E-state index contributed by atoms with van der Waals surface area (Å²) in [5.41, 5.74) is 5.28. The Bertz CT molecular complexity index is 1230. The normalized spacial score (nSPS) is 17.8. The van der Waals surface area contributed by atoms with Gasteiger partial charge in [-0.15, -0.1) is 11.3 Å². The highest BCUT2D eigenvalue weighted by Gasteiger charge is 2.43. The van der Waals surface area contributed by atoms with E-state index in [9.17, 15) is 14.4 Å². The standard InChI is InChI=1S/C26H25N3O5S/c30-23(27-11-15-9-21(15)25(31)32)10-16-14-35-24(29-16)12-28-26(33)34-13-22-19-7-3-1-5-17(19)18-6-2-4-8-20(18)22/h1-8,14-15,21-22H,9-13H2,(H,27,30)(H,28,33)(H,31,32)/t15-,21-/m0/s1. The maximum absolute atomic E-state index is 12.3. The third-order valence-corrected chi connectivity index (χ3v) is 7.37. The van der Waals surface area contributed by atoms with E-state index in [0.717, 1.165) is 11.1 Å². The maximum atomic E-state index is 12.3. The second-order valence-corrected chi connectivity index (χ2v) is 9.78. The molecular formula is C26H25N3O5S. The molecule has 0 saturated heterocycles. The molecule has 2 amide bonds. The molecule has 0 aliphatic heterocycles. The summed E-state index contributed by atoms with van der Waals surface area (Å²) in [6.45, 7) is 0.828. The number of fused-ring (bicyclic) bond motifs is 3. The lowest BCUT2D eigenvalue weighted by molar-refractivity contribution is -0.139. The number of carboxylic acids is 1. The number of amides is 2. The predicted octanol–water partition coefficient (Wildman–Crippen LogP) is 3.56. The van der Waals surface area contributed by atoms with Crippen LogP contribution in [0.5, 0.6) is 0 Å². The van der Waals surface area contributed by atoms with Crippen LogP contribution in [-0.2, 0) is 27.3 Å². The van der Waals surface area contributed by atoms with Gasteiger partial charge >= 0.3 is 12.1 Å². The number of rotatable bonds is 9. The molecule has 8 nitrogen and oxygen atoms in total. The largest absolute Gasteiger partial charge is 0.481 e. The minimum Gasteiger partial charge on any atom is -0.481 e. The molecule has 3 N–H and O–H groups in total. The number of nitrogens with one attached hydrogen (secondary N) is 2. The van der Waals surface area contributed by atoms with Gasteiger partial charge in [0.2, 0.25) is 5.91 Å². The molecule has 0 unspecified atom stereocenters.